The van der Waals surface area contributed by atoms with Crippen molar-refractivity contribution in [1.29, 1.82) is 0 Å². The Morgan fingerprint density at radius 2 is 1.76 bits per heavy atom. The van der Waals surface area contributed by atoms with E-state index in [1.807, 2.05) is 19.1 Å². The maximum absolute atomic E-state index is 13.2. The maximum atomic E-state index is 13.2. The number of carbonyl (C=O) groups excluding carboxylic acids is 2. The van der Waals surface area contributed by atoms with Crippen molar-refractivity contribution < 1.29 is 27.2 Å². The van der Waals surface area contributed by atoms with Gasteiger partial charge >= 0.3 is 6.09 Å². The van der Waals surface area contributed by atoms with Gasteiger partial charge in [0.1, 0.15) is 0 Å². The normalized spacial score (nSPS) is 15.8. The summed E-state index contributed by atoms with van der Waals surface area (Å²) in [6.45, 7) is 4.07. The number of furan rings is 1. The Bertz CT molecular complexity index is 1280. The van der Waals surface area contributed by atoms with E-state index in [0.717, 1.165) is 17.4 Å². The lowest BCUT2D eigenvalue weighted by molar-refractivity contribution is 0.0955. The van der Waals surface area contributed by atoms with E-state index in [0.29, 0.717) is 11.4 Å². The molecule has 1 aromatic heterocycles. The van der Waals surface area contributed by atoms with Crippen LogP contribution in [0.3, 0.4) is 0 Å². The molecular weight excluding hydrogens is 444 g/mol. The molecule has 0 spiro atoms. The van der Waals surface area contributed by atoms with Crippen molar-refractivity contribution in [2.75, 3.05) is 29.2 Å². The van der Waals surface area contributed by atoms with Crippen LogP contribution in [0.4, 0.5) is 16.2 Å². The number of ether oxygens (including phenoxy) is 1. The van der Waals surface area contributed by atoms with Crippen LogP contribution in [0.5, 0.6) is 0 Å². The molecule has 8 nitrogen and oxygen atoms in total. The molecule has 1 aliphatic heterocycles. The number of rotatable bonds is 4. The summed E-state index contributed by atoms with van der Waals surface area (Å²) in [5.41, 5.74) is 2.62. The molecule has 2 heterocycles. The fourth-order valence-electron chi connectivity index (χ4n) is 3.90. The Morgan fingerprint density at radius 3 is 2.36 bits per heavy atom. The molecule has 9 heteroatoms. The van der Waals surface area contributed by atoms with Crippen LogP contribution in [0, 0.1) is 0 Å². The number of hydrogen-bond donors (Lipinski definition) is 0. The number of amides is 2. The lowest BCUT2D eigenvalue weighted by Crippen LogP contribution is -2.52. The Kier molecular flexibility index (Phi) is 5.99. The van der Waals surface area contributed by atoms with Crippen LogP contribution in [0.15, 0.2) is 70.2 Å². The molecular formula is C24H24N2O6S. The highest BCUT2D eigenvalue weighted by Gasteiger charge is 2.36. The molecule has 0 fully saturated rings. The lowest BCUT2D eigenvalue weighted by atomic mass is 10.0. The largest absolute Gasteiger partial charge is 0.459 e. The van der Waals surface area contributed by atoms with E-state index >= 15 is 0 Å². The molecule has 4 rings (SSSR count). The Morgan fingerprint density at radius 1 is 1.06 bits per heavy atom. The smallest absolute Gasteiger partial charge is 0.414 e. The first-order valence-electron chi connectivity index (χ1n) is 10.5. The van der Waals surface area contributed by atoms with Crippen LogP contribution in [-0.4, -0.2) is 45.9 Å². The number of benzene rings is 2. The summed E-state index contributed by atoms with van der Waals surface area (Å²) >= 11 is 0. The van der Waals surface area contributed by atoms with Crippen molar-refractivity contribution in [3.63, 3.8) is 0 Å². The first-order chi connectivity index (χ1) is 15.7. The second kappa shape index (κ2) is 8.74. The third kappa shape index (κ3) is 4.36. The van der Waals surface area contributed by atoms with Gasteiger partial charge in [-0.1, -0.05) is 18.2 Å². The van der Waals surface area contributed by atoms with Crippen LogP contribution >= 0.6 is 0 Å². The van der Waals surface area contributed by atoms with Gasteiger partial charge in [-0.3, -0.25) is 9.69 Å². The maximum Gasteiger partial charge on any atom is 0.414 e. The van der Waals surface area contributed by atoms with Crippen molar-refractivity contribution in [3.8, 4) is 11.1 Å². The van der Waals surface area contributed by atoms with Crippen molar-refractivity contribution >= 4 is 33.2 Å². The Labute approximate surface area is 192 Å². The highest BCUT2D eigenvalue weighted by atomic mass is 32.2. The summed E-state index contributed by atoms with van der Waals surface area (Å²) in [7, 11) is -3.31. The van der Waals surface area contributed by atoms with Gasteiger partial charge in [0.2, 0.25) is 0 Å². The van der Waals surface area contributed by atoms with Crippen LogP contribution in [0.1, 0.15) is 24.4 Å². The molecule has 1 aliphatic rings. The fourth-order valence-corrected chi connectivity index (χ4v) is 4.53. The first-order valence-corrected chi connectivity index (χ1v) is 12.4. The summed E-state index contributed by atoms with van der Waals surface area (Å²) in [5, 5.41) is 0. The minimum atomic E-state index is -3.31. The topological polar surface area (TPSA) is 97.1 Å². The zero-order valence-electron chi connectivity index (χ0n) is 18.5. The molecule has 2 amide bonds. The molecule has 0 saturated heterocycles. The molecule has 3 aromatic rings. The summed E-state index contributed by atoms with van der Waals surface area (Å²) in [4.78, 5) is 29.2. The molecule has 0 saturated carbocycles. The summed E-state index contributed by atoms with van der Waals surface area (Å²) in [6.07, 6.45) is 2.11. The molecule has 2 aromatic carbocycles. The van der Waals surface area contributed by atoms with Crippen molar-refractivity contribution in [2.24, 2.45) is 0 Å². The summed E-state index contributed by atoms with van der Waals surface area (Å²) in [6, 6.07) is 14.8. The van der Waals surface area contributed by atoms with Crippen LogP contribution in [-0.2, 0) is 14.6 Å². The zero-order chi connectivity index (χ0) is 23.8. The average molecular weight is 469 g/mol. The molecule has 33 heavy (non-hydrogen) atoms. The third-order valence-corrected chi connectivity index (χ3v) is 6.60. The van der Waals surface area contributed by atoms with Crippen molar-refractivity contribution in [1.82, 2.24) is 0 Å². The van der Waals surface area contributed by atoms with E-state index < -0.39 is 15.9 Å². The van der Waals surface area contributed by atoms with Gasteiger partial charge in [-0.25, -0.2) is 13.2 Å². The summed E-state index contributed by atoms with van der Waals surface area (Å²) < 4.78 is 34.1. The molecule has 0 unspecified atom stereocenters. The van der Waals surface area contributed by atoms with Crippen LogP contribution < -0.4 is 9.80 Å². The molecule has 172 valence electrons. The van der Waals surface area contributed by atoms with Gasteiger partial charge in [-0.2, -0.15) is 0 Å². The summed E-state index contributed by atoms with van der Waals surface area (Å²) in [5.74, 6) is -0.123. The number of nitrogens with zero attached hydrogens (tertiary/aromatic N) is 2. The highest BCUT2D eigenvalue weighted by Crippen LogP contribution is 2.40. The minimum absolute atomic E-state index is 0.195. The van der Waals surface area contributed by atoms with Crippen LogP contribution in [0.25, 0.3) is 11.1 Å². The van der Waals surface area contributed by atoms with Gasteiger partial charge in [-0.15, -0.1) is 0 Å². The highest BCUT2D eigenvalue weighted by molar-refractivity contribution is 7.90. The SMILES string of the molecule is CCOC(=O)N1c2ccc(-c3ccc(S(C)(=O)=O)cc3)cc2N(C(=O)c2ccco2)C[C@@H]1C. The van der Waals surface area contributed by atoms with E-state index in [4.69, 9.17) is 9.15 Å². The van der Waals surface area contributed by atoms with E-state index in [1.165, 1.54) is 6.26 Å². The van der Waals surface area contributed by atoms with Gasteiger partial charge in [-0.05, 0) is 61.4 Å². The van der Waals surface area contributed by atoms with Gasteiger partial charge < -0.3 is 14.1 Å². The van der Waals surface area contributed by atoms with Gasteiger partial charge in [0.25, 0.3) is 5.91 Å². The van der Waals surface area contributed by atoms with Gasteiger partial charge in [0.15, 0.2) is 15.6 Å². The van der Waals surface area contributed by atoms with E-state index in [1.54, 1.807) is 59.2 Å². The monoisotopic (exact) mass is 468 g/mol. The van der Waals surface area contributed by atoms with Crippen molar-refractivity contribution in [2.45, 2.75) is 24.8 Å². The van der Waals surface area contributed by atoms with E-state index in [-0.39, 0.29) is 35.8 Å². The van der Waals surface area contributed by atoms with Gasteiger partial charge in [0.05, 0.1) is 35.2 Å². The van der Waals surface area contributed by atoms with Crippen molar-refractivity contribution in [3.05, 3.63) is 66.6 Å². The number of fused-ring (bicyclic) bond motifs is 1. The number of anilines is 2. The van der Waals surface area contributed by atoms with E-state index in [2.05, 4.69) is 0 Å². The zero-order valence-corrected chi connectivity index (χ0v) is 19.3. The predicted octanol–water partition coefficient (Wildman–Crippen LogP) is 4.36. The molecule has 0 aliphatic carbocycles. The average Bonchev–Trinajstić information content (AvgIpc) is 3.32. The number of carbonyl (C=O) groups is 2. The second-order valence-electron chi connectivity index (χ2n) is 7.81. The molecule has 0 radical (unpaired) electrons. The standard InChI is InChI=1S/C24H24N2O6S/c1-4-31-24(28)26-16(2)15-25(23(27)22-6-5-13-32-22)21-14-18(9-12-20(21)26)17-7-10-19(11-8-17)33(3,29)30/h5-14,16H,4,15H2,1-3H3/t16-/m0/s1. The molecule has 0 N–H and O–H groups in total. The fraction of sp³-hybridized carbons (Fsp3) is 0.250. The number of hydrogen-bond acceptors (Lipinski definition) is 6. The molecule has 1 atom stereocenters. The number of sulfone groups is 1. The lowest BCUT2D eigenvalue weighted by Gasteiger charge is -2.40. The quantitative estimate of drug-likeness (QED) is 0.564. The van der Waals surface area contributed by atoms with Gasteiger partial charge in [0, 0.05) is 12.8 Å². The minimum Gasteiger partial charge on any atom is -0.459 e. The third-order valence-electron chi connectivity index (χ3n) is 5.47. The first kappa shape index (κ1) is 22.6. The predicted molar refractivity (Wildman–Crippen MR) is 124 cm³/mol. The Balaban J connectivity index is 1.81. The van der Waals surface area contributed by atoms with Crippen LogP contribution in [0.2, 0.25) is 0 Å². The second-order valence-corrected chi connectivity index (χ2v) is 9.83. The Hall–Kier alpha value is -3.59. The molecule has 0 bridgehead atoms. The van der Waals surface area contributed by atoms with E-state index in [9.17, 15) is 18.0 Å².